The minimum absolute atomic E-state index is 0.455. The normalized spacial score (nSPS) is 23.4. The van der Waals surface area contributed by atoms with Crippen molar-refractivity contribution < 1.29 is 31.1 Å². The lowest BCUT2D eigenvalue weighted by molar-refractivity contribution is 0.0602. The molecule has 28 heavy (non-hydrogen) atoms. The van der Waals surface area contributed by atoms with Gasteiger partial charge in [-0.1, -0.05) is 0 Å². The maximum absolute atomic E-state index is 14.5. The van der Waals surface area contributed by atoms with Gasteiger partial charge in [0, 0.05) is 13.1 Å². The summed E-state index contributed by atoms with van der Waals surface area (Å²) in [5.41, 5.74) is 0.834. The lowest BCUT2D eigenvalue weighted by atomic mass is 9.92. The van der Waals surface area contributed by atoms with Gasteiger partial charge in [-0.25, -0.2) is 30.7 Å². The molecule has 0 unspecified atom stereocenters. The molecule has 0 aromatic heterocycles. The Morgan fingerprint density at radius 1 is 1.32 bits per heavy atom. The first-order valence-corrected chi connectivity index (χ1v) is 9.68. The Bertz CT molecular complexity index is 933. The van der Waals surface area contributed by atoms with E-state index in [1.54, 1.807) is 20.8 Å². The molecule has 1 saturated heterocycles. The summed E-state index contributed by atoms with van der Waals surface area (Å²) in [6, 6.07) is 0.455. The summed E-state index contributed by atoms with van der Waals surface area (Å²) in [6.45, 7) is 5.85. The number of nitrogens with two attached hydrogens (primary N) is 1. The van der Waals surface area contributed by atoms with Crippen molar-refractivity contribution in [2.75, 3.05) is 18.5 Å². The number of ether oxygens (including phenoxy) is 1. The fraction of sp³-hybridized carbons (Fsp3) is 0.500. The molecular weight excluding hydrogens is 401 g/mol. The fourth-order valence-electron chi connectivity index (χ4n) is 2.67. The average molecular weight is 422 g/mol. The largest absolute Gasteiger partial charge is 0.442 e. The number of guanidine groups is 1. The predicted molar refractivity (Wildman–Crippen MR) is 96.4 cm³/mol. The molecule has 3 N–H and O–H groups in total. The van der Waals surface area contributed by atoms with Crippen LogP contribution >= 0.6 is 0 Å². The van der Waals surface area contributed by atoms with Crippen LogP contribution in [-0.4, -0.2) is 43.2 Å². The van der Waals surface area contributed by atoms with Gasteiger partial charge in [-0.05, 0) is 27.7 Å². The highest BCUT2D eigenvalue weighted by molar-refractivity contribution is 7.89. The van der Waals surface area contributed by atoms with Crippen molar-refractivity contribution in [3.05, 3.63) is 29.1 Å². The van der Waals surface area contributed by atoms with E-state index in [0.29, 0.717) is 10.4 Å². The van der Waals surface area contributed by atoms with Crippen molar-refractivity contribution >= 4 is 27.8 Å². The van der Waals surface area contributed by atoms with E-state index in [2.05, 4.69) is 10.3 Å². The van der Waals surface area contributed by atoms with Gasteiger partial charge >= 0.3 is 6.09 Å². The molecule has 1 amide bonds. The van der Waals surface area contributed by atoms with Gasteiger partial charge in [0.25, 0.3) is 0 Å². The summed E-state index contributed by atoms with van der Waals surface area (Å²) in [7, 11) is -3.08. The van der Waals surface area contributed by atoms with E-state index in [-0.39, 0.29) is 0 Å². The van der Waals surface area contributed by atoms with Crippen molar-refractivity contribution in [2.24, 2.45) is 4.99 Å². The third-order valence-electron chi connectivity index (χ3n) is 3.90. The molecule has 0 bridgehead atoms. The number of anilines is 1. The average Bonchev–Trinajstić information content (AvgIpc) is 2.48. The lowest BCUT2D eigenvalue weighted by Crippen LogP contribution is -2.62. The Balaban J connectivity index is 2.61. The smallest absolute Gasteiger partial charge is 0.437 e. The van der Waals surface area contributed by atoms with E-state index < -0.39 is 67.7 Å². The molecular formula is C16H21F3N4O4S. The van der Waals surface area contributed by atoms with Crippen molar-refractivity contribution in [1.82, 2.24) is 9.62 Å². The summed E-state index contributed by atoms with van der Waals surface area (Å²) < 4.78 is 73.4. The van der Waals surface area contributed by atoms with Crippen LogP contribution in [0.25, 0.3) is 0 Å². The van der Waals surface area contributed by atoms with Crippen LogP contribution in [0.3, 0.4) is 0 Å². The molecule has 12 heteroatoms. The highest BCUT2D eigenvalue weighted by atomic mass is 32.2. The monoisotopic (exact) mass is 422 g/mol. The van der Waals surface area contributed by atoms with Crippen LogP contribution in [0.15, 0.2) is 11.1 Å². The number of rotatable bonds is 1. The van der Waals surface area contributed by atoms with Gasteiger partial charge < -0.3 is 15.8 Å². The summed E-state index contributed by atoms with van der Waals surface area (Å²) >= 11 is 0. The van der Waals surface area contributed by atoms with Crippen molar-refractivity contribution in [3.8, 4) is 0 Å². The van der Waals surface area contributed by atoms with Crippen LogP contribution in [0, 0.1) is 17.5 Å². The van der Waals surface area contributed by atoms with Crippen LogP contribution in [0.2, 0.25) is 0 Å². The highest BCUT2D eigenvalue weighted by Gasteiger charge is 2.46. The topological polar surface area (TPSA) is 114 Å². The molecule has 1 aromatic carbocycles. The van der Waals surface area contributed by atoms with Gasteiger partial charge in [0.05, 0.1) is 22.5 Å². The maximum atomic E-state index is 14.5. The second kappa shape index (κ2) is 6.83. The number of amides is 1. The van der Waals surface area contributed by atoms with Crippen LogP contribution in [-0.2, 0) is 20.3 Å². The van der Waals surface area contributed by atoms with Gasteiger partial charge in [0.15, 0.2) is 17.5 Å². The standard InChI is InChI=1S/C16H21F3N4O4S/c1-15(2,3)27-14(24)21-13-22-16(4,7-28(25,26)23(13)5)10-11(18)8(17)6-9(20)12(10)19/h6H,7,20H2,1-5H3,(H,21,22,24)/t16-/m0/s1. The number of benzene rings is 1. The molecule has 2 rings (SSSR count). The quantitative estimate of drug-likeness (QED) is 0.529. The minimum Gasteiger partial charge on any atom is -0.442 e. The lowest BCUT2D eigenvalue weighted by Gasteiger charge is -2.40. The number of carbonyl (C=O) groups is 1. The van der Waals surface area contributed by atoms with E-state index in [4.69, 9.17) is 10.5 Å². The number of nitrogens with zero attached hydrogens (tertiary/aromatic N) is 2. The van der Waals surface area contributed by atoms with Gasteiger partial charge in [0.2, 0.25) is 16.0 Å². The Kier molecular flexibility index (Phi) is 5.32. The zero-order valence-corrected chi connectivity index (χ0v) is 16.7. The van der Waals surface area contributed by atoms with E-state index in [1.807, 2.05) is 0 Å². The van der Waals surface area contributed by atoms with Crippen molar-refractivity contribution in [2.45, 2.75) is 38.8 Å². The van der Waals surface area contributed by atoms with Gasteiger partial charge in [-0.3, -0.25) is 0 Å². The van der Waals surface area contributed by atoms with E-state index in [0.717, 1.165) is 14.0 Å². The molecule has 1 aliphatic heterocycles. The molecule has 0 spiro atoms. The zero-order valence-electron chi connectivity index (χ0n) is 15.9. The van der Waals surface area contributed by atoms with Crippen LogP contribution < -0.4 is 11.1 Å². The molecule has 0 saturated carbocycles. The molecule has 1 atom stereocenters. The number of sulfonamides is 1. The molecule has 1 aliphatic rings. The molecule has 1 aromatic rings. The number of nitrogens with one attached hydrogen (secondary N) is 1. The first-order chi connectivity index (χ1) is 12.6. The number of halogens is 3. The SMILES string of the molecule is CN1/C(=N/C(=O)OC(C)(C)C)N[C@](C)(c2c(F)c(N)cc(F)c2F)CS1(=O)=O. The predicted octanol–water partition coefficient (Wildman–Crippen LogP) is 2.06. The summed E-state index contributed by atoms with van der Waals surface area (Å²) in [5, 5.41) is 2.50. The highest BCUT2D eigenvalue weighted by Crippen LogP contribution is 2.35. The van der Waals surface area contributed by atoms with Crippen LogP contribution in [0.5, 0.6) is 0 Å². The Hall–Kier alpha value is -2.50. The Morgan fingerprint density at radius 3 is 2.43 bits per heavy atom. The number of aliphatic imine (C=N–C) groups is 1. The third-order valence-corrected chi connectivity index (χ3v) is 5.85. The summed E-state index contributed by atoms with van der Waals surface area (Å²) in [5.74, 6) is -5.74. The number of nitrogen functional groups attached to an aromatic ring is 1. The van der Waals surface area contributed by atoms with Gasteiger partial charge in [-0.15, -0.1) is 4.99 Å². The first-order valence-electron chi connectivity index (χ1n) is 8.07. The number of hydrogen-bond acceptors (Lipinski definition) is 5. The maximum Gasteiger partial charge on any atom is 0.437 e. The van der Waals surface area contributed by atoms with Crippen LogP contribution in [0.4, 0.5) is 23.7 Å². The first kappa shape index (κ1) is 21.8. The second-order valence-corrected chi connectivity index (χ2v) is 9.55. The van der Waals surface area contributed by atoms with Gasteiger partial charge in [-0.2, -0.15) is 0 Å². The van der Waals surface area contributed by atoms with E-state index in [9.17, 15) is 26.4 Å². The minimum atomic E-state index is -4.18. The molecule has 156 valence electrons. The zero-order chi connectivity index (χ0) is 21.7. The summed E-state index contributed by atoms with van der Waals surface area (Å²) in [6.07, 6.45) is -1.12. The Morgan fingerprint density at radius 2 is 1.89 bits per heavy atom. The van der Waals surface area contributed by atoms with Crippen molar-refractivity contribution in [3.63, 3.8) is 0 Å². The molecule has 0 aliphatic carbocycles. The Labute approximate surface area is 160 Å². The third kappa shape index (κ3) is 4.16. The van der Waals surface area contributed by atoms with E-state index in [1.165, 1.54) is 0 Å². The fourth-order valence-corrected chi connectivity index (χ4v) is 4.16. The second-order valence-electron chi connectivity index (χ2n) is 7.55. The van der Waals surface area contributed by atoms with Crippen molar-refractivity contribution in [1.29, 1.82) is 0 Å². The molecule has 8 nitrogen and oxygen atoms in total. The number of carbonyl (C=O) groups excluding carboxylic acids is 1. The van der Waals surface area contributed by atoms with E-state index >= 15 is 0 Å². The number of hydrogen-bond donors (Lipinski definition) is 2. The molecule has 0 radical (unpaired) electrons. The molecule has 1 fully saturated rings. The summed E-state index contributed by atoms with van der Waals surface area (Å²) in [4.78, 5) is 15.5. The van der Waals surface area contributed by atoms with Gasteiger partial charge in [0.1, 0.15) is 5.60 Å². The molecule has 1 heterocycles. The van der Waals surface area contributed by atoms with Crippen LogP contribution in [0.1, 0.15) is 33.3 Å².